The van der Waals surface area contributed by atoms with Gasteiger partial charge in [0.25, 0.3) is 5.09 Å². The summed E-state index contributed by atoms with van der Waals surface area (Å²) in [4.78, 5) is 8.33. The molecule has 0 radical (unpaired) electrons. The van der Waals surface area contributed by atoms with Crippen LogP contribution in [0.15, 0.2) is 52.5 Å². The van der Waals surface area contributed by atoms with Crippen LogP contribution in [0, 0.1) is 22.4 Å². The normalized spacial score (nSPS) is 10.6. The number of halogens is 1. The van der Waals surface area contributed by atoms with Gasteiger partial charge in [-0.3, -0.25) is 5.41 Å². The Labute approximate surface area is 183 Å². The monoisotopic (exact) mass is 473 g/mol. The third kappa shape index (κ3) is 10.7. The number of hydrogen-bond donors (Lipinski definition) is 4. The molecule has 2 rings (SSSR count). The number of nitrogens with two attached hydrogens (primary N) is 1. The van der Waals surface area contributed by atoms with Crippen LogP contribution in [0.25, 0.3) is 0 Å². The van der Waals surface area contributed by atoms with E-state index in [1.807, 2.05) is 0 Å². The summed E-state index contributed by atoms with van der Waals surface area (Å²) < 4.78 is 35.5. The SMILES string of the molecule is Cc1cc(OCC/C=N\NC(=N)N)cc(OS(=O)(=O)c2cccc(Cl)c2)c1.O=[N+]([O-])O. The first-order valence-corrected chi connectivity index (χ1v) is 10.2. The van der Waals surface area contributed by atoms with Crippen LogP contribution in [0.4, 0.5) is 0 Å². The zero-order valence-electron chi connectivity index (χ0n) is 16.2. The van der Waals surface area contributed by atoms with Crippen molar-refractivity contribution < 1.29 is 27.6 Å². The summed E-state index contributed by atoms with van der Waals surface area (Å²) in [6, 6.07) is 10.7. The van der Waals surface area contributed by atoms with E-state index in [0.29, 0.717) is 23.8 Å². The van der Waals surface area contributed by atoms with Gasteiger partial charge in [-0.2, -0.15) is 13.5 Å². The molecule has 0 unspecified atom stereocenters. The van der Waals surface area contributed by atoms with Gasteiger partial charge in [-0.15, -0.1) is 10.1 Å². The van der Waals surface area contributed by atoms with Gasteiger partial charge in [-0.05, 0) is 42.8 Å². The Balaban J connectivity index is 0.00000110. The molecule has 168 valence electrons. The van der Waals surface area contributed by atoms with E-state index >= 15 is 0 Å². The number of hydrazone groups is 1. The maximum absolute atomic E-state index is 12.4. The Hall–Kier alpha value is -3.58. The second-order valence-electron chi connectivity index (χ2n) is 5.69. The Bertz CT molecular complexity index is 1040. The first-order valence-electron chi connectivity index (χ1n) is 8.39. The van der Waals surface area contributed by atoms with Gasteiger partial charge in [-0.1, -0.05) is 17.7 Å². The van der Waals surface area contributed by atoms with E-state index in [9.17, 15) is 8.42 Å². The predicted octanol–water partition coefficient (Wildman–Crippen LogP) is 2.31. The molecule has 0 atom stereocenters. The molecule has 14 heteroatoms. The van der Waals surface area contributed by atoms with E-state index in [2.05, 4.69) is 10.5 Å². The fourth-order valence-electron chi connectivity index (χ4n) is 2.05. The molecule has 0 aliphatic heterocycles. The number of hydrogen-bond acceptors (Lipinski definition) is 8. The van der Waals surface area contributed by atoms with Crippen LogP contribution in [-0.2, 0) is 10.1 Å². The molecule has 0 bridgehead atoms. The van der Waals surface area contributed by atoms with Crippen LogP contribution in [0.2, 0.25) is 5.02 Å². The van der Waals surface area contributed by atoms with E-state index in [4.69, 9.17) is 47.0 Å². The molecular formula is C17H20ClN5O7S. The Morgan fingerprint density at radius 2 is 2.00 bits per heavy atom. The predicted molar refractivity (Wildman–Crippen MR) is 113 cm³/mol. The number of nitrogens with one attached hydrogen (secondary N) is 2. The minimum atomic E-state index is -4.01. The molecular weight excluding hydrogens is 454 g/mol. The Morgan fingerprint density at radius 1 is 1.35 bits per heavy atom. The van der Waals surface area contributed by atoms with Crippen LogP contribution in [0.5, 0.6) is 11.5 Å². The number of benzene rings is 2. The standard InChI is InChI=1S/C17H19ClN4O4S.HNO3/c1-12-8-14(25-7-3-6-21-22-17(19)20)11-15(9-12)26-27(23,24)16-5-2-4-13(18)10-16;2-1(3)4/h2,4-6,8-11H,3,7H2,1H3,(H4,19,20,22);(H,2,3,4)/b21-6-;. The molecule has 31 heavy (non-hydrogen) atoms. The van der Waals surface area contributed by atoms with Crippen molar-refractivity contribution in [3.05, 3.63) is 63.2 Å². The summed E-state index contributed by atoms with van der Waals surface area (Å²) in [7, 11) is -4.01. The van der Waals surface area contributed by atoms with Gasteiger partial charge in [0.15, 0.2) is 0 Å². The average molecular weight is 474 g/mol. The Morgan fingerprint density at radius 3 is 2.61 bits per heavy atom. The third-order valence-corrected chi connectivity index (χ3v) is 4.59. The molecule has 12 nitrogen and oxygen atoms in total. The molecule has 0 heterocycles. The lowest BCUT2D eigenvalue weighted by atomic mass is 10.2. The molecule has 0 aliphatic rings. The highest BCUT2D eigenvalue weighted by atomic mass is 35.5. The van der Waals surface area contributed by atoms with Crippen LogP contribution >= 0.6 is 11.6 Å². The van der Waals surface area contributed by atoms with Gasteiger partial charge in [-0.25, -0.2) is 5.43 Å². The van der Waals surface area contributed by atoms with Crippen molar-refractivity contribution >= 4 is 33.9 Å². The van der Waals surface area contributed by atoms with E-state index in [-0.39, 0.29) is 16.6 Å². The van der Waals surface area contributed by atoms with Crippen molar-refractivity contribution in [1.29, 1.82) is 5.41 Å². The van der Waals surface area contributed by atoms with Crippen LogP contribution in [0.3, 0.4) is 0 Å². The number of rotatable bonds is 8. The average Bonchev–Trinajstić information content (AvgIpc) is 2.63. The van der Waals surface area contributed by atoms with Gasteiger partial charge < -0.3 is 19.9 Å². The highest BCUT2D eigenvalue weighted by molar-refractivity contribution is 7.87. The van der Waals surface area contributed by atoms with E-state index in [1.165, 1.54) is 30.5 Å². The molecule has 2 aromatic carbocycles. The van der Waals surface area contributed by atoms with Crippen LogP contribution in [-0.4, -0.2) is 37.5 Å². The first kappa shape index (κ1) is 25.5. The molecule has 0 fully saturated rings. The maximum atomic E-state index is 12.4. The number of guanidine groups is 1. The Kier molecular flexibility index (Phi) is 10.0. The summed E-state index contributed by atoms with van der Waals surface area (Å²) >= 11 is 5.84. The number of aryl methyl sites for hydroxylation is 1. The van der Waals surface area contributed by atoms with E-state index < -0.39 is 15.2 Å². The maximum Gasteiger partial charge on any atom is 0.339 e. The summed E-state index contributed by atoms with van der Waals surface area (Å²) in [5, 5.41) is 24.6. The van der Waals surface area contributed by atoms with Gasteiger partial charge in [0.1, 0.15) is 16.4 Å². The van der Waals surface area contributed by atoms with E-state index in [1.54, 1.807) is 25.1 Å². The molecule has 0 amide bonds. The lowest BCUT2D eigenvalue weighted by molar-refractivity contribution is -0.742. The largest absolute Gasteiger partial charge is 0.493 e. The van der Waals surface area contributed by atoms with Crippen molar-refractivity contribution in [3.8, 4) is 11.5 Å². The highest BCUT2D eigenvalue weighted by Gasteiger charge is 2.17. The summed E-state index contributed by atoms with van der Waals surface area (Å²) in [5.41, 5.74) is 8.15. The van der Waals surface area contributed by atoms with Gasteiger partial charge in [0.05, 0.1) is 6.61 Å². The third-order valence-electron chi connectivity index (χ3n) is 3.11. The van der Waals surface area contributed by atoms with Crippen molar-refractivity contribution in [2.24, 2.45) is 10.8 Å². The van der Waals surface area contributed by atoms with E-state index in [0.717, 1.165) is 5.56 Å². The number of nitrogens with zero attached hydrogens (tertiary/aromatic N) is 2. The topological polar surface area (TPSA) is 190 Å². The van der Waals surface area contributed by atoms with Crippen molar-refractivity contribution in [2.45, 2.75) is 18.2 Å². The fraction of sp³-hybridized carbons (Fsp3) is 0.176. The number of ether oxygens (including phenoxy) is 1. The molecule has 0 spiro atoms. The minimum absolute atomic E-state index is 0.0341. The van der Waals surface area contributed by atoms with Crippen molar-refractivity contribution in [3.63, 3.8) is 0 Å². The van der Waals surface area contributed by atoms with Crippen LogP contribution < -0.4 is 20.1 Å². The molecule has 0 saturated carbocycles. The highest BCUT2D eigenvalue weighted by Crippen LogP contribution is 2.26. The summed E-state index contributed by atoms with van der Waals surface area (Å²) in [5.74, 6) is 0.338. The quantitative estimate of drug-likeness (QED) is 0.111. The zero-order valence-corrected chi connectivity index (χ0v) is 17.8. The molecule has 0 aliphatic carbocycles. The fourth-order valence-corrected chi connectivity index (χ4v) is 3.27. The van der Waals surface area contributed by atoms with Gasteiger partial charge in [0.2, 0.25) is 5.96 Å². The van der Waals surface area contributed by atoms with Crippen molar-refractivity contribution in [2.75, 3.05) is 6.61 Å². The van der Waals surface area contributed by atoms with Crippen LogP contribution in [0.1, 0.15) is 12.0 Å². The molecule has 0 saturated heterocycles. The first-order chi connectivity index (χ1) is 14.5. The minimum Gasteiger partial charge on any atom is -0.493 e. The van der Waals surface area contributed by atoms with Crippen molar-refractivity contribution in [1.82, 2.24) is 5.43 Å². The van der Waals surface area contributed by atoms with Gasteiger partial charge >= 0.3 is 10.1 Å². The second-order valence-corrected chi connectivity index (χ2v) is 7.67. The second kappa shape index (κ2) is 12.2. The summed E-state index contributed by atoms with van der Waals surface area (Å²) in [6.45, 7) is 2.09. The molecule has 2 aromatic rings. The lowest BCUT2D eigenvalue weighted by Crippen LogP contribution is -2.25. The lowest BCUT2D eigenvalue weighted by Gasteiger charge is -2.11. The molecule has 0 aromatic heterocycles. The zero-order chi connectivity index (χ0) is 23.4. The molecule has 5 N–H and O–H groups in total. The summed E-state index contributed by atoms with van der Waals surface area (Å²) in [6.07, 6.45) is 1.98. The van der Waals surface area contributed by atoms with Gasteiger partial charge in [0, 0.05) is 23.7 Å². The smallest absolute Gasteiger partial charge is 0.339 e.